The molecule has 1 spiro atoms. The van der Waals surface area contributed by atoms with Gasteiger partial charge in [-0.3, -0.25) is 9.52 Å². The van der Waals surface area contributed by atoms with Gasteiger partial charge < -0.3 is 15.3 Å². The first kappa shape index (κ1) is 26.4. The second-order valence-electron chi connectivity index (χ2n) is 10.2. The molecular formula is C25H31N5O6S2. The van der Waals surface area contributed by atoms with E-state index in [4.69, 9.17) is 5.11 Å². The summed E-state index contributed by atoms with van der Waals surface area (Å²) in [7, 11) is -7.33. The topological polar surface area (TPSA) is 151 Å². The smallest absolute Gasteiger partial charge is 0.257 e. The number of sulfonamides is 1. The highest BCUT2D eigenvalue weighted by Gasteiger charge is 2.44. The molecule has 2 aliphatic rings. The van der Waals surface area contributed by atoms with Crippen molar-refractivity contribution in [3.05, 3.63) is 47.8 Å². The number of aromatic nitrogens is 2. The molecule has 3 N–H and O–H groups in total. The minimum atomic E-state index is -3.73. The van der Waals surface area contributed by atoms with Crippen molar-refractivity contribution >= 4 is 54.0 Å². The number of fused-ring (bicyclic) bond motifs is 1. The molecule has 2 heterocycles. The Balaban J connectivity index is 1.47. The summed E-state index contributed by atoms with van der Waals surface area (Å²) in [6.45, 7) is 2.61. The van der Waals surface area contributed by atoms with E-state index < -0.39 is 38.3 Å². The van der Waals surface area contributed by atoms with Crippen LogP contribution in [-0.4, -0.2) is 68.5 Å². The van der Waals surface area contributed by atoms with Gasteiger partial charge in [-0.25, -0.2) is 25.8 Å². The van der Waals surface area contributed by atoms with Crippen molar-refractivity contribution in [1.29, 1.82) is 0 Å². The Labute approximate surface area is 222 Å². The monoisotopic (exact) mass is 561 g/mol. The lowest BCUT2D eigenvalue weighted by Gasteiger charge is -2.35. The van der Waals surface area contributed by atoms with E-state index in [1.54, 1.807) is 37.3 Å². The predicted molar refractivity (Wildman–Crippen MR) is 147 cm³/mol. The van der Waals surface area contributed by atoms with Crippen LogP contribution in [0, 0.1) is 12.3 Å². The van der Waals surface area contributed by atoms with E-state index in [9.17, 15) is 21.6 Å². The Morgan fingerprint density at radius 1 is 1.03 bits per heavy atom. The molecule has 1 aromatic heterocycles. The van der Waals surface area contributed by atoms with Crippen LogP contribution in [0.4, 0.5) is 17.1 Å². The molecule has 0 unspecified atom stereocenters. The Morgan fingerprint density at radius 3 is 2.34 bits per heavy atom. The number of hydrogen-bond donors (Lipinski definition) is 3. The normalized spacial score (nSPS) is 17.1. The summed E-state index contributed by atoms with van der Waals surface area (Å²) in [5, 5.41) is 11.9. The van der Waals surface area contributed by atoms with Gasteiger partial charge in [-0.2, -0.15) is 0 Å². The highest BCUT2D eigenvalue weighted by molar-refractivity contribution is 7.92. The number of carbonyl (C=O) groups is 1. The number of carbonyl (C=O) groups excluding carboxylic acids is 1. The molecule has 1 aliphatic carbocycles. The average molecular weight is 562 g/mol. The van der Waals surface area contributed by atoms with Gasteiger partial charge in [0.1, 0.15) is 5.82 Å². The van der Waals surface area contributed by atoms with Crippen LogP contribution in [0.3, 0.4) is 0 Å². The molecule has 13 heteroatoms. The molecule has 11 nitrogen and oxygen atoms in total. The first-order valence-corrected chi connectivity index (χ1v) is 15.9. The fourth-order valence-electron chi connectivity index (χ4n) is 5.17. The van der Waals surface area contributed by atoms with Crippen molar-refractivity contribution in [3.63, 3.8) is 0 Å². The maximum Gasteiger partial charge on any atom is 0.257 e. The minimum Gasteiger partial charge on any atom is -0.395 e. The van der Waals surface area contributed by atoms with Gasteiger partial charge in [0.2, 0.25) is 20.0 Å². The molecule has 1 saturated carbocycles. The second-order valence-corrected chi connectivity index (χ2v) is 13.9. The summed E-state index contributed by atoms with van der Waals surface area (Å²) >= 11 is 0. The summed E-state index contributed by atoms with van der Waals surface area (Å²) in [6.07, 6.45) is 5.57. The number of benzene rings is 2. The van der Waals surface area contributed by atoms with E-state index in [-0.39, 0.29) is 0 Å². The number of amides is 1. The van der Waals surface area contributed by atoms with Gasteiger partial charge in [-0.05, 0) is 74.4 Å². The number of aryl methyl sites for hydroxylation is 1. The number of nitrogens with one attached hydrogen (secondary N) is 2. The summed E-state index contributed by atoms with van der Waals surface area (Å²) in [4.78, 5) is 19.9. The zero-order valence-electron chi connectivity index (χ0n) is 21.3. The van der Waals surface area contributed by atoms with Crippen LogP contribution in [0.2, 0.25) is 0 Å². The molecule has 0 bridgehead atoms. The third kappa shape index (κ3) is 5.36. The Bertz CT molecular complexity index is 1620. The molecule has 0 atom stereocenters. The summed E-state index contributed by atoms with van der Waals surface area (Å²) < 4.78 is 52.7. The zero-order valence-corrected chi connectivity index (χ0v) is 22.9. The van der Waals surface area contributed by atoms with Gasteiger partial charge in [0.15, 0.2) is 0 Å². The predicted octanol–water partition coefficient (Wildman–Crippen LogP) is 2.52. The van der Waals surface area contributed by atoms with Crippen LogP contribution in [0.15, 0.2) is 36.4 Å². The number of imidazole rings is 1. The third-order valence-corrected chi connectivity index (χ3v) is 9.75. The number of piperidine rings is 1. The lowest BCUT2D eigenvalue weighted by atomic mass is 9.93. The lowest BCUT2D eigenvalue weighted by Crippen LogP contribution is -2.35. The Kier molecular flexibility index (Phi) is 6.64. The van der Waals surface area contributed by atoms with Crippen LogP contribution in [0.5, 0.6) is 0 Å². The molecule has 1 aliphatic heterocycles. The number of anilines is 3. The van der Waals surface area contributed by atoms with Crippen molar-refractivity contribution in [2.24, 2.45) is 5.41 Å². The van der Waals surface area contributed by atoms with Gasteiger partial charge in [0.25, 0.3) is 5.91 Å². The quantitative estimate of drug-likeness (QED) is 0.380. The van der Waals surface area contributed by atoms with Crippen molar-refractivity contribution in [1.82, 2.24) is 8.96 Å². The van der Waals surface area contributed by atoms with Gasteiger partial charge in [-0.1, -0.05) is 0 Å². The van der Waals surface area contributed by atoms with Crippen LogP contribution < -0.4 is 14.9 Å². The highest BCUT2D eigenvalue weighted by atomic mass is 32.2. The lowest BCUT2D eigenvalue weighted by molar-refractivity contribution is 0.102. The standard InChI is InChI=1S/C25H31N5O6S2/c1-17-26-21-6-4-18(15-23(21)30(17)37(2,33)34)27-24(32)20-5-3-19(28-38(35,36)14-13-31)16-22(20)29-11-9-25(7-8-25)10-12-29/h3-6,15-16,28,31H,7-14H2,1-2H3,(H,27,32). The van der Waals surface area contributed by atoms with Crippen molar-refractivity contribution < 1.29 is 26.7 Å². The summed E-state index contributed by atoms with van der Waals surface area (Å²) in [6, 6.07) is 9.63. The fraction of sp³-hybridized carbons (Fsp3) is 0.440. The van der Waals surface area contributed by atoms with Crippen molar-refractivity contribution in [2.75, 3.05) is 46.6 Å². The second kappa shape index (κ2) is 9.54. The van der Waals surface area contributed by atoms with Crippen LogP contribution >= 0.6 is 0 Å². The number of aliphatic hydroxyl groups excluding tert-OH is 1. The molecule has 1 amide bonds. The average Bonchev–Trinajstić information content (AvgIpc) is 3.49. The highest BCUT2D eigenvalue weighted by Crippen LogP contribution is 2.54. The van der Waals surface area contributed by atoms with Gasteiger partial charge in [0.05, 0.1) is 46.6 Å². The number of hydrogen-bond acceptors (Lipinski definition) is 8. The van der Waals surface area contributed by atoms with Gasteiger partial charge in [-0.15, -0.1) is 0 Å². The maximum atomic E-state index is 13.5. The van der Waals surface area contributed by atoms with Crippen molar-refractivity contribution in [2.45, 2.75) is 32.6 Å². The van der Waals surface area contributed by atoms with Crippen molar-refractivity contribution in [3.8, 4) is 0 Å². The third-order valence-electron chi connectivity index (χ3n) is 7.36. The molecule has 0 radical (unpaired) electrons. The van der Waals surface area contributed by atoms with E-state index in [1.165, 1.54) is 18.9 Å². The van der Waals surface area contributed by atoms with E-state index in [0.29, 0.717) is 44.9 Å². The minimum absolute atomic E-state index is 0.311. The number of nitrogens with zero attached hydrogens (tertiary/aromatic N) is 3. The first-order chi connectivity index (χ1) is 17.9. The largest absolute Gasteiger partial charge is 0.395 e. The van der Waals surface area contributed by atoms with Crippen LogP contribution in [0.1, 0.15) is 41.9 Å². The molecule has 2 fully saturated rings. The number of rotatable bonds is 8. The molecule has 3 aromatic rings. The zero-order chi connectivity index (χ0) is 27.3. The maximum absolute atomic E-state index is 13.5. The number of aliphatic hydroxyl groups is 1. The van der Waals surface area contributed by atoms with Crippen LogP contribution in [-0.2, 0) is 20.0 Å². The Hall–Kier alpha value is -3.16. The molecule has 204 valence electrons. The molecule has 1 saturated heterocycles. The Morgan fingerprint density at radius 2 is 1.71 bits per heavy atom. The fourth-order valence-corrected chi connectivity index (χ4v) is 7.02. The summed E-state index contributed by atoms with van der Waals surface area (Å²) in [5.41, 5.74) is 2.97. The van der Waals surface area contributed by atoms with Gasteiger partial charge >= 0.3 is 0 Å². The van der Waals surface area contributed by atoms with E-state index in [0.717, 1.165) is 36.2 Å². The van der Waals surface area contributed by atoms with E-state index in [2.05, 4.69) is 19.9 Å². The SMILES string of the molecule is Cc1nc2ccc(NC(=O)c3ccc(NS(=O)(=O)CCO)cc3N3CCC4(CC3)CC4)cc2n1S(C)(=O)=O. The molecule has 5 rings (SSSR count). The van der Waals surface area contributed by atoms with Gasteiger partial charge in [0, 0.05) is 18.8 Å². The molecule has 2 aromatic carbocycles. The first-order valence-electron chi connectivity index (χ1n) is 12.4. The van der Waals surface area contributed by atoms with E-state index in [1.807, 2.05) is 0 Å². The summed E-state index contributed by atoms with van der Waals surface area (Å²) in [5.74, 6) is -0.507. The molecule has 38 heavy (non-hydrogen) atoms. The molecular weight excluding hydrogens is 530 g/mol. The van der Waals surface area contributed by atoms with Crippen LogP contribution in [0.25, 0.3) is 11.0 Å². The van der Waals surface area contributed by atoms with E-state index >= 15 is 0 Å².